The van der Waals surface area contributed by atoms with Crippen molar-refractivity contribution in [3.05, 3.63) is 63.0 Å². The zero-order valence-corrected chi connectivity index (χ0v) is 15.4. The predicted molar refractivity (Wildman–Crippen MR) is 103 cm³/mol. The molecule has 1 fully saturated rings. The smallest absolute Gasteiger partial charge is 0.255 e. The van der Waals surface area contributed by atoms with Crippen LogP contribution < -0.4 is 5.56 Å². The number of hydrogen-bond acceptors (Lipinski definition) is 5. The van der Waals surface area contributed by atoms with Gasteiger partial charge in [-0.15, -0.1) is 11.3 Å². The van der Waals surface area contributed by atoms with Gasteiger partial charge in [0, 0.05) is 38.4 Å². The fourth-order valence-corrected chi connectivity index (χ4v) is 4.27. The second-order valence-electron chi connectivity index (χ2n) is 6.54. The third kappa shape index (κ3) is 3.40. The Bertz CT molecular complexity index is 969. The minimum atomic E-state index is -0.181. The lowest BCUT2D eigenvalue weighted by Crippen LogP contribution is -2.48. The van der Waals surface area contributed by atoms with Gasteiger partial charge in [0.2, 0.25) is 5.56 Å². The number of thiazole rings is 1. The molecule has 0 aliphatic carbocycles. The highest BCUT2D eigenvalue weighted by Gasteiger charge is 2.24. The van der Waals surface area contributed by atoms with E-state index in [1.165, 1.54) is 17.0 Å². The molecular weight excluding hydrogens is 348 g/mol. The van der Waals surface area contributed by atoms with Crippen LogP contribution in [0.2, 0.25) is 0 Å². The normalized spacial score (nSPS) is 15.5. The fraction of sp³-hybridized carbons (Fsp3) is 0.316. The van der Waals surface area contributed by atoms with Crippen LogP contribution in [-0.4, -0.2) is 51.9 Å². The van der Waals surface area contributed by atoms with Crippen LogP contribution >= 0.6 is 11.3 Å². The van der Waals surface area contributed by atoms with Gasteiger partial charge in [0.1, 0.15) is 5.01 Å². The first-order valence-corrected chi connectivity index (χ1v) is 9.47. The van der Waals surface area contributed by atoms with E-state index in [9.17, 15) is 9.59 Å². The summed E-state index contributed by atoms with van der Waals surface area (Å²) in [4.78, 5) is 35.5. The molecule has 1 amide bonds. The summed E-state index contributed by atoms with van der Waals surface area (Å²) in [5.74, 6) is -0.0154. The van der Waals surface area contributed by atoms with E-state index in [1.54, 1.807) is 18.3 Å². The summed E-state index contributed by atoms with van der Waals surface area (Å²) in [6, 6.07) is 9.65. The molecule has 26 heavy (non-hydrogen) atoms. The van der Waals surface area contributed by atoms with Crippen molar-refractivity contribution in [2.24, 2.45) is 0 Å². The number of carbonyl (C=O) groups is 1. The quantitative estimate of drug-likeness (QED) is 0.770. The zero-order chi connectivity index (χ0) is 18.1. The number of fused-ring (bicyclic) bond motifs is 1. The van der Waals surface area contributed by atoms with Crippen molar-refractivity contribution >= 4 is 27.5 Å². The Kier molecular flexibility index (Phi) is 4.57. The molecule has 1 aliphatic heterocycles. The Balaban J connectivity index is 1.39. The first-order valence-electron chi connectivity index (χ1n) is 8.65. The number of pyridine rings is 1. The molecule has 3 heterocycles. The molecule has 1 saturated heterocycles. The summed E-state index contributed by atoms with van der Waals surface area (Å²) < 4.78 is 1.21. The average molecular weight is 368 g/mol. The number of nitrogens with zero attached hydrogens (tertiary/aromatic N) is 3. The maximum Gasteiger partial charge on any atom is 0.255 e. The number of aromatic amines is 1. The van der Waals surface area contributed by atoms with E-state index in [2.05, 4.69) is 16.0 Å². The standard InChI is InChI=1S/C19H20N4O2S/c1-13-10-17(24)20-11-14(13)19(25)23-8-6-22(7-9-23)12-18-21-15-4-2-3-5-16(15)26-18/h2-5,10-11H,6-9,12H2,1H3,(H,20,24). The highest BCUT2D eigenvalue weighted by atomic mass is 32.1. The SMILES string of the molecule is Cc1cc(=O)[nH]cc1C(=O)N1CCN(Cc2nc3ccccc3s2)CC1. The Morgan fingerprint density at radius 1 is 1.23 bits per heavy atom. The monoisotopic (exact) mass is 368 g/mol. The van der Waals surface area contributed by atoms with Crippen LogP contribution in [0.25, 0.3) is 10.2 Å². The number of carbonyl (C=O) groups excluding carboxylic acids is 1. The van der Waals surface area contributed by atoms with Gasteiger partial charge in [0.25, 0.3) is 5.91 Å². The zero-order valence-electron chi connectivity index (χ0n) is 14.6. The molecule has 4 rings (SSSR count). The number of H-pyrrole nitrogens is 1. The lowest BCUT2D eigenvalue weighted by molar-refractivity contribution is 0.0627. The summed E-state index contributed by atoms with van der Waals surface area (Å²) in [5, 5.41) is 1.11. The number of benzene rings is 1. The third-order valence-electron chi connectivity index (χ3n) is 4.72. The van der Waals surface area contributed by atoms with Crippen LogP contribution in [0.5, 0.6) is 0 Å². The highest BCUT2D eigenvalue weighted by Crippen LogP contribution is 2.23. The van der Waals surface area contributed by atoms with Crippen LogP contribution in [0, 0.1) is 6.92 Å². The maximum atomic E-state index is 12.7. The number of hydrogen-bond donors (Lipinski definition) is 1. The Hall–Kier alpha value is -2.51. The van der Waals surface area contributed by atoms with Crippen LogP contribution in [0.3, 0.4) is 0 Å². The first kappa shape index (κ1) is 16.9. The summed E-state index contributed by atoms with van der Waals surface area (Å²) >= 11 is 1.73. The summed E-state index contributed by atoms with van der Waals surface area (Å²) in [7, 11) is 0. The summed E-state index contributed by atoms with van der Waals surface area (Å²) in [6.45, 7) is 5.63. The van der Waals surface area contributed by atoms with Gasteiger partial charge >= 0.3 is 0 Å². The van der Waals surface area contributed by atoms with Crippen molar-refractivity contribution in [3.63, 3.8) is 0 Å². The molecule has 1 aromatic carbocycles. The van der Waals surface area contributed by atoms with E-state index in [1.807, 2.05) is 23.1 Å². The van der Waals surface area contributed by atoms with E-state index in [0.717, 1.165) is 35.7 Å². The second-order valence-corrected chi connectivity index (χ2v) is 7.65. The lowest BCUT2D eigenvalue weighted by Gasteiger charge is -2.34. The fourth-order valence-electron chi connectivity index (χ4n) is 3.26. The van der Waals surface area contributed by atoms with Gasteiger partial charge in [0.15, 0.2) is 0 Å². The number of nitrogens with one attached hydrogen (secondary N) is 1. The van der Waals surface area contributed by atoms with Gasteiger partial charge in [0.05, 0.1) is 22.3 Å². The highest BCUT2D eigenvalue weighted by molar-refractivity contribution is 7.18. The molecule has 134 valence electrons. The molecule has 0 radical (unpaired) electrons. The molecular formula is C19H20N4O2S. The average Bonchev–Trinajstić information content (AvgIpc) is 3.04. The topological polar surface area (TPSA) is 69.3 Å². The molecule has 3 aromatic rings. The van der Waals surface area contributed by atoms with Crippen molar-refractivity contribution in [1.82, 2.24) is 19.8 Å². The van der Waals surface area contributed by atoms with E-state index >= 15 is 0 Å². The van der Waals surface area contributed by atoms with Crippen molar-refractivity contribution in [2.45, 2.75) is 13.5 Å². The Morgan fingerprint density at radius 3 is 2.73 bits per heavy atom. The van der Waals surface area contributed by atoms with Crippen molar-refractivity contribution < 1.29 is 4.79 Å². The number of para-hydroxylation sites is 1. The molecule has 0 unspecified atom stereocenters. The van der Waals surface area contributed by atoms with E-state index in [-0.39, 0.29) is 11.5 Å². The molecule has 0 saturated carbocycles. The molecule has 2 aromatic heterocycles. The molecule has 0 bridgehead atoms. The van der Waals surface area contributed by atoms with E-state index in [0.29, 0.717) is 18.7 Å². The first-order chi connectivity index (χ1) is 12.6. The van der Waals surface area contributed by atoms with Crippen molar-refractivity contribution in [1.29, 1.82) is 0 Å². The number of aromatic nitrogens is 2. The van der Waals surface area contributed by atoms with Crippen LogP contribution in [0.15, 0.2) is 41.3 Å². The third-order valence-corrected chi connectivity index (χ3v) is 5.74. The van der Waals surface area contributed by atoms with Crippen LogP contribution in [-0.2, 0) is 6.54 Å². The van der Waals surface area contributed by atoms with E-state index in [4.69, 9.17) is 4.98 Å². The summed E-state index contributed by atoms with van der Waals surface area (Å²) in [5.41, 5.74) is 2.16. The van der Waals surface area contributed by atoms with Crippen molar-refractivity contribution in [2.75, 3.05) is 26.2 Å². The lowest BCUT2D eigenvalue weighted by atomic mass is 10.1. The largest absolute Gasteiger partial charge is 0.336 e. The van der Waals surface area contributed by atoms with E-state index < -0.39 is 0 Å². The summed E-state index contributed by atoms with van der Waals surface area (Å²) in [6.07, 6.45) is 1.52. The molecule has 0 spiro atoms. The van der Waals surface area contributed by atoms with Crippen molar-refractivity contribution in [3.8, 4) is 0 Å². The Labute approximate surface area is 155 Å². The Morgan fingerprint density at radius 2 is 2.00 bits per heavy atom. The van der Waals surface area contributed by atoms with Gasteiger partial charge in [-0.1, -0.05) is 12.1 Å². The molecule has 6 nitrogen and oxygen atoms in total. The molecule has 0 atom stereocenters. The minimum absolute atomic E-state index is 0.0154. The number of piperazine rings is 1. The minimum Gasteiger partial charge on any atom is -0.336 e. The van der Waals surface area contributed by atoms with Gasteiger partial charge in [-0.2, -0.15) is 0 Å². The maximum absolute atomic E-state index is 12.7. The number of amides is 1. The molecule has 7 heteroatoms. The number of aryl methyl sites for hydroxylation is 1. The van der Waals surface area contributed by atoms with Gasteiger partial charge in [-0.05, 0) is 24.6 Å². The molecule has 1 N–H and O–H groups in total. The van der Waals surface area contributed by atoms with Gasteiger partial charge in [-0.3, -0.25) is 14.5 Å². The predicted octanol–water partition coefficient (Wildman–Crippen LogP) is 2.25. The molecule has 1 aliphatic rings. The second kappa shape index (κ2) is 7.01. The van der Waals surface area contributed by atoms with Gasteiger partial charge < -0.3 is 9.88 Å². The van der Waals surface area contributed by atoms with Crippen LogP contribution in [0.1, 0.15) is 20.9 Å². The van der Waals surface area contributed by atoms with Crippen LogP contribution in [0.4, 0.5) is 0 Å². The number of rotatable bonds is 3. The van der Waals surface area contributed by atoms with Gasteiger partial charge in [-0.25, -0.2) is 4.98 Å².